The number of fused-ring (bicyclic) bond motifs is 1. The van der Waals surface area contributed by atoms with Crippen molar-refractivity contribution in [3.63, 3.8) is 0 Å². The zero-order chi connectivity index (χ0) is 15.5. The molecular formula is C17H25N3O2. The molecule has 22 heavy (non-hydrogen) atoms. The summed E-state index contributed by atoms with van der Waals surface area (Å²) < 4.78 is 5.74. The lowest BCUT2D eigenvalue weighted by atomic mass is 10.1. The van der Waals surface area contributed by atoms with Gasteiger partial charge in [-0.05, 0) is 50.6 Å². The first-order valence-electron chi connectivity index (χ1n) is 8.20. The molecule has 1 atom stereocenters. The normalized spacial score (nSPS) is 20.5. The minimum absolute atomic E-state index is 0.0518. The molecule has 2 aliphatic heterocycles. The first kappa shape index (κ1) is 15.3. The van der Waals surface area contributed by atoms with E-state index in [1.807, 2.05) is 30.0 Å². The Morgan fingerprint density at radius 1 is 1.27 bits per heavy atom. The highest BCUT2D eigenvalue weighted by Gasteiger charge is 2.25. The number of rotatable bonds is 4. The average molecular weight is 303 g/mol. The van der Waals surface area contributed by atoms with Crippen LogP contribution in [0.5, 0.6) is 5.75 Å². The first-order valence-corrected chi connectivity index (χ1v) is 8.20. The molecule has 0 aromatic heterocycles. The van der Waals surface area contributed by atoms with Gasteiger partial charge >= 0.3 is 0 Å². The second-order valence-electron chi connectivity index (χ2n) is 6.21. The van der Waals surface area contributed by atoms with E-state index in [-0.39, 0.29) is 11.9 Å². The molecule has 0 spiro atoms. The van der Waals surface area contributed by atoms with E-state index in [9.17, 15) is 4.79 Å². The molecule has 0 saturated carbocycles. The number of ether oxygens (including phenoxy) is 1. The van der Waals surface area contributed by atoms with Crippen molar-refractivity contribution < 1.29 is 9.53 Å². The minimum atomic E-state index is -0.0518. The molecule has 1 amide bonds. The molecule has 120 valence electrons. The monoisotopic (exact) mass is 303 g/mol. The van der Waals surface area contributed by atoms with Gasteiger partial charge in [0.1, 0.15) is 5.75 Å². The largest absolute Gasteiger partial charge is 0.491 e. The Balaban J connectivity index is 1.83. The number of nitrogens with zero attached hydrogens (tertiary/aromatic N) is 2. The number of carbonyl (C=O) groups is 1. The molecular weight excluding hydrogens is 278 g/mol. The highest BCUT2D eigenvalue weighted by molar-refractivity contribution is 5.95. The third-order valence-corrected chi connectivity index (χ3v) is 4.51. The summed E-state index contributed by atoms with van der Waals surface area (Å²) in [6.07, 6.45) is 2.97. The number of anilines is 1. The van der Waals surface area contributed by atoms with E-state index in [1.54, 1.807) is 0 Å². The molecule has 2 aliphatic rings. The van der Waals surface area contributed by atoms with Crippen LogP contribution in [0.4, 0.5) is 5.69 Å². The third kappa shape index (κ3) is 3.25. The van der Waals surface area contributed by atoms with Crippen LogP contribution >= 0.6 is 0 Å². The van der Waals surface area contributed by atoms with Crippen LogP contribution in [0.15, 0.2) is 18.2 Å². The van der Waals surface area contributed by atoms with Crippen molar-refractivity contribution in [1.29, 1.82) is 0 Å². The Morgan fingerprint density at radius 2 is 2.05 bits per heavy atom. The Labute approximate surface area is 132 Å². The highest BCUT2D eigenvalue weighted by atomic mass is 16.5. The van der Waals surface area contributed by atoms with E-state index in [0.29, 0.717) is 13.0 Å². The van der Waals surface area contributed by atoms with E-state index in [2.05, 4.69) is 4.90 Å². The van der Waals surface area contributed by atoms with E-state index in [4.69, 9.17) is 10.5 Å². The molecule has 1 unspecified atom stereocenters. The van der Waals surface area contributed by atoms with Gasteiger partial charge in [-0.2, -0.15) is 0 Å². The van der Waals surface area contributed by atoms with E-state index in [0.717, 1.165) is 43.2 Å². The fourth-order valence-corrected chi connectivity index (χ4v) is 3.16. The van der Waals surface area contributed by atoms with Crippen molar-refractivity contribution in [2.45, 2.75) is 32.2 Å². The third-order valence-electron chi connectivity index (χ3n) is 4.51. The second-order valence-corrected chi connectivity index (χ2v) is 6.21. The van der Waals surface area contributed by atoms with Gasteiger partial charge in [0.25, 0.3) is 0 Å². The Kier molecular flexibility index (Phi) is 4.64. The molecule has 2 heterocycles. The Bertz CT molecular complexity index is 539. The summed E-state index contributed by atoms with van der Waals surface area (Å²) >= 11 is 0. The SMILES string of the molecule is CC(N)c1ccc2c(c1)N(CCN1CCCC1)C(=O)CCO2. The number of carbonyl (C=O) groups excluding carboxylic acids is 1. The summed E-state index contributed by atoms with van der Waals surface area (Å²) in [5, 5.41) is 0. The first-order chi connectivity index (χ1) is 10.6. The number of hydrogen-bond donors (Lipinski definition) is 1. The molecule has 1 aromatic carbocycles. The van der Waals surface area contributed by atoms with E-state index >= 15 is 0 Å². The van der Waals surface area contributed by atoms with Gasteiger partial charge < -0.3 is 20.3 Å². The molecule has 0 radical (unpaired) electrons. The molecule has 1 fully saturated rings. The van der Waals surface area contributed by atoms with Crippen LogP contribution in [0.25, 0.3) is 0 Å². The van der Waals surface area contributed by atoms with Gasteiger partial charge in [-0.25, -0.2) is 0 Å². The molecule has 3 rings (SSSR count). The predicted molar refractivity (Wildman–Crippen MR) is 87.2 cm³/mol. The molecule has 5 heteroatoms. The molecule has 0 aliphatic carbocycles. The Hall–Kier alpha value is -1.59. The number of benzene rings is 1. The lowest BCUT2D eigenvalue weighted by molar-refractivity contribution is -0.118. The molecule has 2 N–H and O–H groups in total. The van der Waals surface area contributed by atoms with Crippen LogP contribution in [0, 0.1) is 0 Å². The maximum absolute atomic E-state index is 12.5. The highest BCUT2D eigenvalue weighted by Crippen LogP contribution is 2.33. The van der Waals surface area contributed by atoms with Gasteiger partial charge in [-0.1, -0.05) is 6.07 Å². The zero-order valence-electron chi connectivity index (χ0n) is 13.3. The topological polar surface area (TPSA) is 58.8 Å². The fraction of sp³-hybridized carbons (Fsp3) is 0.588. The minimum Gasteiger partial charge on any atom is -0.491 e. The van der Waals surface area contributed by atoms with Gasteiger partial charge in [0.2, 0.25) is 5.91 Å². The fourth-order valence-electron chi connectivity index (χ4n) is 3.16. The van der Waals surface area contributed by atoms with Crippen LogP contribution in [-0.2, 0) is 4.79 Å². The molecule has 5 nitrogen and oxygen atoms in total. The average Bonchev–Trinajstić information content (AvgIpc) is 2.96. The van der Waals surface area contributed by atoms with Gasteiger partial charge in [-0.3, -0.25) is 4.79 Å². The van der Waals surface area contributed by atoms with Crippen LogP contribution < -0.4 is 15.4 Å². The lowest BCUT2D eigenvalue weighted by Crippen LogP contribution is -2.37. The van der Waals surface area contributed by atoms with E-state index < -0.39 is 0 Å². The quantitative estimate of drug-likeness (QED) is 0.923. The van der Waals surface area contributed by atoms with Crippen molar-refractivity contribution >= 4 is 11.6 Å². The van der Waals surface area contributed by atoms with Crippen molar-refractivity contribution in [2.24, 2.45) is 5.73 Å². The summed E-state index contributed by atoms with van der Waals surface area (Å²) in [5.74, 6) is 0.927. The summed E-state index contributed by atoms with van der Waals surface area (Å²) in [5.41, 5.74) is 7.89. The van der Waals surface area contributed by atoms with Crippen LogP contribution in [-0.4, -0.2) is 43.6 Å². The summed E-state index contributed by atoms with van der Waals surface area (Å²) in [7, 11) is 0. The summed E-state index contributed by atoms with van der Waals surface area (Å²) in [6.45, 7) is 6.33. The lowest BCUT2D eigenvalue weighted by Gasteiger charge is -2.25. The van der Waals surface area contributed by atoms with Crippen molar-refractivity contribution in [3.8, 4) is 5.75 Å². The molecule has 0 bridgehead atoms. The Morgan fingerprint density at radius 3 is 2.77 bits per heavy atom. The number of likely N-dealkylation sites (tertiary alicyclic amines) is 1. The van der Waals surface area contributed by atoms with Gasteiger partial charge in [-0.15, -0.1) is 0 Å². The predicted octanol–water partition coefficient (Wildman–Crippen LogP) is 1.92. The van der Waals surface area contributed by atoms with Gasteiger partial charge in [0.15, 0.2) is 0 Å². The van der Waals surface area contributed by atoms with Crippen molar-refractivity contribution in [1.82, 2.24) is 4.90 Å². The zero-order valence-corrected chi connectivity index (χ0v) is 13.3. The maximum atomic E-state index is 12.5. The molecule has 1 saturated heterocycles. The number of hydrogen-bond acceptors (Lipinski definition) is 4. The smallest absolute Gasteiger partial charge is 0.230 e. The summed E-state index contributed by atoms with van der Waals surface area (Å²) in [6, 6.07) is 5.88. The van der Waals surface area contributed by atoms with Crippen LogP contribution in [0.2, 0.25) is 0 Å². The second kappa shape index (κ2) is 6.67. The van der Waals surface area contributed by atoms with Crippen LogP contribution in [0.3, 0.4) is 0 Å². The van der Waals surface area contributed by atoms with Crippen LogP contribution in [0.1, 0.15) is 37.8 Å². The maximum Gasteiger partial charge on any atom is 0.230 e. The standard InChI is InChI=1S/C17H25N3O2/c1-13(18)14-4-5-16-15(12-14)20(17(21)6-11-22-16)10-9-19-7-2-3-8-19/h4-5,12-13H,2-3,6-11,18H2,1H3. The van der Waals surface area contributed by atoms with E-state index in [1.165, 1.54) is 12.8 Å². The van der Waals surface area contributed by atoms with Crippen molar-refractivity contribution in [2.75, 3.05) is 37.7 Å². The van der Waals surface area contributed by atoms with Gasteiger partial charge in [0.05, 0.1) is 18.7 Å². The molecule has 1 aromatic rings. The number of nitrogens with two attached hydrogens (primary N) is 1. The summed E-state index contributed by atoms with van der Waals surface area (Å²) in [4.78, 5) is 16.8. The van der Waals surface area contributed by atoms with Gasteiger partial charge in [0, 0.05) is 19.1 Å². The van der Waals surface area contributed by atoms with Crippen molar-refractivity contribution in [3.05, 3.63) is 23.8 Å². The number of amides is 1.